The van der Waals surface area contributed by atoms with Gasteiger partial charge in [-0.3, -0.25) is 4.79 Å². The summed E-state index contributed by atoms with van der Waals surface area (Å²) in [6, 6.07) is 3.73. The Kier molecular flexibility index (Phi) is 6.44. The summed E-state index contributed by atoms with van der Waals surface area (Å²) in [7, 11) is -4.29. The predicted octanol–water partition coefficient (Wildman–Crippen LogP) is 3.03. The molecule has 1 amide bonds. The minimum absolute atomic E-state index is 0.00645. The van der Waals surface area contributed by atoms with Crippen LogP contribution in [0.15, 0.2) is 35.2 Å². The molecule has 0 saturated carbocycles. The summed E-state index contributed by atoms with van der Waals surface area (Å²) in [5, 5.41) is 11.8. The third-order valence-electron chi connectivity index (χ3n) is 4.71. The molecule has 1 saturated heterocycles. The Hall–Kier alpha value is -2.50. The van der Waals surface area contributed by atoms with Crippen molar-refractivity contribution in [2.75, 3.05) is 18.4 Å². The molecule has 11 heteroatoms. The van der Waals surface area contributed by atoms with E-state index in [1.54, 1.807) is 0 Å². The first-order valence-corrected chi connectivity index (χ1v) is 10.5. The topological polar surface area (TPSA) is 86.7 Å². The van der Waals surface area contributed by atoms with Crippen LogP contribution in [0.1, 0.15) is 29.6 Å². The van der Waals surface area contributed by atoms with Gasteiger partial charge in [0.1, 0.15) is 10.7 Å². The number of aliphatic hydroxyl groups excluding tert-OH is 1. The minimum Gasteiger partial charge on any atom is -0.393 e. The van der Waals surface area contributed by atoms with Crippen molar-refractivity contribution in [1.82, 2.24) is 4.31 Å². The smallest absolute Gasteiger partial charge is 0.255 e. The van der Waals surface area contributed by atoms with Crippen LogP contribution >= 0.6 is 0 Å². The Morgan fingerprint density at radius 3 is 2.33 bits per heavy atom. The molecule has 0 bridgehead atoms. The molecule has 3 rings (SSSR count). The number of nitrogens with zero attached hydrogens (tertiary/aromatic N) is 1. The fourth-order valence-electron chi connectivity index (χ4n) is 3.11. The van der Waals surface area contributed by atoms with Crippen molar-refractivity contribution >= 4 is 21.6 Å². The summed E-state index contributed by atoms with van der Waals surface area (Å²) in [5.41, 5.74) is -0.679. The third-order valence-corrected chi connectivity index (χ3v) is 6.62. The Balaban J connectivity index is 1.88. The van der Waals surface area contributed by atoms with E-state index in [0.29, 0.717) is 25.0 Å². The van der Waals surface area contributed by atoms with Crippen LogP contribution in [-0.4, -0.2) is 42.9 Å². The van der Waals surface area contributed by atoms with E-state index in [9.17, 15) is 35.9 Å². The standard InChI is InChI=1S/C19H18F4N2O4S/c20-14-4-3-11(19(27)24-12-9-15(21)18(23)16(22)10-12)8-17(14)30(28,29)25-6-1-2-13(26)5-7-25/h3-4,8-10,13,26H,1-2,5-7H2,(H,24,27). The van der Waals surface area contributed by atoms with Crippen LogP contribution in [0, 0.1) is 23.3 Å². The minimum atomic E-state index is -4.29. The normalized spacial score (nSPS) is 18.1. The van der Waals surface area contributed by atoms with Gasteiger partial charge in [0.25, 0.3) is 5.91 Å². The molecule has 0 radical (unpaired) electrons. The number of carbonyl (C=O) groups excluding carboxylic acids is 1. The zero-order valence-corrected chi connectivity index (χ0v) is 16.4. The number of anilines is 1. The van der Waals surface area contributed by atoms with E-state index in [1.165, 1.54) is 0 Å². The second-order valence-corrected chi connectivity index (χ2v) is 8.75. The van der Waals surface area contributed by atoms with E-state index in [0.717, 1.165) is 22.5 Å². The summed E-state index contributed by atoms with van der Waals surface area (Å²) in [5.74, 6) is -6.78. The van der Waals surface area contributed by atoms with E-state index in [1.807, 2.05) is 0 Å². The van der Waals surface area contributed by atoms with Gasteiger partial charge in [-0.05, 0) is 37.5 Å². The zero-order chi connectivity index (χ0) is 22.1. The van der Waals surface area contributed by atoms with Crippen LogP contribution < -0.4 is 5.32 Å². The van der Waals surface area contributed by atoms with Crippen molar-refractivity contribution in [2.45, 2.75) is 30.3 Å². The van der Waals surface area contributed by atoms with Crippen LogP contribution in [-0.2, 0) is 10.0 Å². The van der Waals surface area contributed by atoms with Crippen molar-refractivity contribution in [3.8, 4) is 0 Å². The molecule has 1 aliphatic heterocycles. The van der Waals surface area contributed by atoms with Gasteiger partial charge in [-0.1, -0.05) is 0 Å². The Morgan fingerprint density at radius 1 is 1.00 bits per heavy atom. The second kappa shape index (κ2) is 8.70. The molecule has 1 heterocycles. The maximum absolute atomic E-state index is 14.3. The van der Waals surface area contributed by atoms with Crippen LogP contribution in [0.4, 0.5) is 23.2 Å². The van der Waals surface area contributed by atoms with E-state index >= 15 is 0 Å². The summed E-state index contributed by atoms with van der Waals surface area (Å²) >= 11 is 0. The first-order valence-electron chi connectivity index (χ1n) is 9.03. The Bertz CT molecular complexity index is 1060. The summed E-state index contributed by atoms with van der Waals surface area (Å²) in [6.45, 7) is 0.0802. The molecule has 2 aromatic rings. The van der Waals surface area contributed by atoms with Gasteiger partial charge in [0, 0.05) is 36.5 Å². The van der Waals surface area contributed by atoms with Gasteiger partial charge >= 0.3 is 0 Å². The quantitative estimate of drug-likeness (QED) is 0.559. The molecule has 0 aliphatic carbocycles. The molecule has 0 aromatic heterocycles. The molecule has 0 spiro atoms. The van der Waals surface area contributed by atoms with Crippen LogP contribution in [0.3, 0.4) is 0 Å². The number of nitrogens with one attached hydrogen (secondary N) is 1. The summed E-state index contributed by atoms with van der Waals surface area (Å²) < 4.78 is 80.7. The first kappa shape index (κ1) is 22.2. The number of sulfonamides is 1. The molecule has 162 valence electrons. The molecule has 1 unspecified atom stereocenters. The number of aliphatic hydroxyl groups is 1. The summed E-state index contributed by atoms with van der Waals surface area (Å²) in [6.07, 6.45) is 0.359. The number of benzene rings is 2. The molecule has 1 atom stereocenters. The predicted molar refractivity (Wildman–Crippen MR) is 99.3 cm³/mol. The second-order valence-electron chi connectivity index (χ2n) is 6.84. The molecular formula is C19H18F4N2O4S. The lowest BCUT2D eigenvalue weighted by Gasteiger charge is -2.20. The first-order chi connectivity index (χ1) is 14.1. The molecule has 1 aliphatic rings. The van der Waals surface area contributed by atoms with Crippen molar-refractivity contribution in [3.63, 3.8) is 0 Å². The zero-order valence-electron chi connectivity index (χ0n) is 15.5. The van der Waals surface area contributed by atoms with Gasteiger partial charge in [0.15, 0.2) is 17.5 Å². The van der Waals surface area contributed by atoms with E-state index in [-0.39, 0.29) is 25.1 Å². The summed E-state index contributed by atoms with van der Waals surface area (Å²) in [4.78, 5) is 11.6. The molecule has 2 aromatic carbocycles. The number of halogens is 4. The molecule has 1 fully saturated rings. The number of hydrogen-bond acceptors (Lipinski definition) is 4. The molecular weight excluding hydrogens is 428 g/mol. The van der Waals surface area contributed by atoms with Crippen molar-refractivity contribution in [1.29, 1.82) is 0 Å². The van der Waals surface area contributed by atoms with E-state index < -0.39 is 55.9 Å². The molecule has 30 heavy (non-hydrogen) atoms. The maximum atomic E-state index is 14.3. The van der Waals surface area contributed by atoms with Crippen LogP contribution in [0.2, 0.25) is 0 Å². The monoisotopic (exact) mass is 446 g/mol. The highest BCUT2D eigenvalue weighted by molar-refractivity contribution is 7.89. The highest BCUT2D eigenvalue weighted by atomic mass is 32.2. The number of amides is 1. The molecule has 6 nitrogen and oxygen atoms in total. The largest absolute Gasteiger partial charge is 0.393 e. The third kappa shape index (κ3) is 4.63. The fraction of sp³-hybridized carbons (Fsp3) is 0.316. The van der Waals surface area contributed by atoms with Crippen LogP contribution in [0.25, 0.3) is 0 Å². The van der Waals surface area contributed by atoms with Crippen molar-refractivity contribution in [3.05, 3.63) is 59.2 Å². The van der Waals surface area contributed by atoms with Gasteiger partial charge < -0.3 is 10.4 Å². The lowest BCUT2D eigenvalue weighted by Crippen LogP contribution is -2.33. The van der Waals surface area contributed by atoms with Gasteiger partial charge in [0.05, 0.1) is 6.10 Å². The Labute approximate surface area is 170 Å². The van der Waals surface area contributed by atoms with Gasteiger partial charge in [-0.25, -0.2) is 26.0 Å². The highest BCUT2D eigenvalue weighted by Gasteiger charge is 2.30. The highest BCUT2D eigenvalue weighted by Crippen LogP contribution is 2.25. The van der Waals surface area contributed by atoms with Gasteiger partial charge in [-0.15, -0.1) is 0 Å². The van der Waals surface area contributed by atoms with Gasteiger partial charge in [0.2, 0.25) is 10.0 Å². The fourth-order valence-corrected chi connectivity index (χ4v) is 4.69. The number of hydrogen-bond donors (Lipinski definition) is 2. The van der Waals surface area contributed by atoms with E-state index in [4.69, 9.17) is 0 Å². The van der Waals surface area contributed by atoms with Crippen molar-refractivity contribution in [2.24, 2.45) is 0 Å². The lowest BCUT2D eigenvalue weighted by atomic mass is 10.2. The number of carbonyl (C=O) groups is 1. The van der Waals surface area contributed by atoms with Crippen molar-refractivity contribution < 1.29 is 35.9 Å². The average molecular weight is 446 g/mol. The lowest BCUT2D eigenvalue weighted by molar-refractivity contribution is 0.102. The SMILES string of the molecule is O=C(Nc1cc(F)c(F)c(F)c1)c1ccc(F)c(S(=O)(=O)N2CCCC(O)CC2)c1. The van der Waals surface area contributed by atoms with E-state index in [2.05, 4.69) is 5.32 Å². The maximum Gasteiger partial charge on any atom is 0.255 e. The van der Waals surface area contributed by atoms with Crippen LogP contribution in [0.5, 0.6) is 0 Å². The Morgan fingerprint density at radius 2 is 1.67 bits per heavy atom. The average Bonchev–Trinajstić information content (AvgIpc) is 2.91. The van der Waals surface area contributed by atoms with Gasteiger partial charge in [-0.2, -0.15) is 4.31 Å². The molecule has 2 N–H and O–H groups in total. The number of rotatable bonds is 4.